The number of rotatable bonds is 3. The Morgan fingerprint density at radius 3 is 2.65 bits per heavy atom. The van der Waals surface area contributed by atoms with Crippen molar-refractivity contribution in [2.45, 2.75) is 39.0 Å². The maximum Gasteiger partial charge on any atom is 0.129 e. The number of hydrogen-bond donors (Lipinski definition) is 0. The number of pyridine rings is 1. The lowest BCUT2D eigenvalue weighted by atomic mass is 9.94. The third-order valence-electron chi connectivity index (χ3n) is 3.67. The molecule has 0 spiro atoms. The Morgan fingerprint density at radius 2 is 2.06 bits per heavy atom. The van der Waals surface area contributed by atoms with E-state index in [4.69, 9.17) is 11.6 Å². The minimum atomic E-state index is 0.571. The maximum absolute atomic E-state index is 5.91. The third kappa shape index (κ3) is 3.12. The standard InChI is InChI=1S/C14H21ClN2/c1-3-12-4-6-17(7-5-12)14-9-13(10-15)8-11(2)16-14/h8-9,12H,3-7,10H2,1-2H3. The van der Waals surface area contributed by atoms with Gasteiger partial charge in [0.15, 0.2) is 0 Å². The molecular formula is C14H21ClN2. The zero-order valence-corrected chi connectivity index (χ0v) is 11.5. The number of anilines is 1. The lowest BCUT2D eigenvalue weighted by Crippen LogP contribution is -2.34. The summed E-state index contributed by atoms with van der Waals surface area (Å²) in [4.78, 5) is 7.02. The zero-order valence-electron chi connectivity index (χ0n) is 10.7. The van der Waals surface area contributed by atoms with Crippen LogP contribution in [0.25, 0.3) is 0 Å². The van der Waals surface area contributed by atoms with Crippen molar-refractivity contribution in [2.75, 3.05) is 18.0 Å². The number of nitrogens with zero attached hydrogens (tertiary/aromatic N) is 2. The molecule has 0 aromatic carbocycles. The minimum Gasteiger partial charge on any atom is -0.357 e. The summed E-state index contributed by atoms with van der Waals surface area (Å²) < 4.78 is 0. The first kappa shape index (κ1) is 12.7. The van der Waals surface area contributed by atoms with E-state index >= 15 is 0 Å². The highest BCUT2D eigenvalue weighted by molar-refractivity contribution is 6.17. The first-order valence-corrected chi connectivity index (χ1v) is 7.05. The van der Waals surface area contributed by atoms with Crippen molar-refractivity contribution in [3.05, 3.63) is 23.4 Å². The number of aromatic nitrogens is 1. The molecule has 0 N–H and O–H groups in total. The van der Waals surface area contributed by atoms with Crippen LogP contribution in [0, 0.1) is 12.8 Å². The molecule has 1 aromatic rings. The molecule has 17 heavy (non-hydrogen) atoms. The molecule has 1 aliphatic heterocycles. The predicted molar refractivity (Wildman–Crippen MR) is 73.8 cm³/mol. The van der Waals surface area contributed by atoms with Crippen molar-refractivity contribution in [3.8, 4) is 0 Å². The molecule has 0 amide bonds. The van der Waals surface area contributed by atoms with Gasteiger partial charge in [-0.3, -0.25) is 0 Å². The van der Waals surface area contributed by atoms with Crippen molar-refractivity contribution >= 4 is 17.4 Å². The highest BCUT2D eigenvalue weighted by Crippen LogP contribution is 2.25. The molecule has 0 aliphatic carbocycles. The van der Waals surface area contributed by atoms with Gasteiger partial charge in [-0.05, 0) is 43.4 Å². The topological polar surface area (TPSA) is 16.1 Å². The largest absolute Gasteiger partial charge is 0.357 e. The second-order valence-corrected chi connectivity index (χ2v) is 5.21. The summed E-state index contributed by atoms with van der Waals surface area (Å²) in [5.74, 6) is 2.58. The molecule has 2 rings (SSSR count). The van der Waals surface area contributed by atoms with Crippen molar-refractivity contribution < 1.29 is 0 Å². The van der Waals surface area contributed by atoms with Crippen LogP contribution in [0.15, 0.2) is 12.1 Å². The molecule has 0 bridgehead atoms. The lowest BCUT2D eigenvalue weighted by molar-refractivity contribution is 0.393. The Morgan fingerprint density at radius 1 is 1.35 bits per heavy atom. The van der Waals surface area contributed by atoms with E-state index in [0.717, 1.165) is 30.5 Å². The fraction of sp³-hybridized carbons (Fsp3) is 0.643. The lowest BCUT2D eigenvalue weighted by Gasteiger charge is -2.32. The van der Waals surface area contributed by atoms with Crippen molar-refractivity contribution in [1.29, 1.82) is 0 Å². The summed E-state index contributed by atoms with van der Waals surface area (Å²) in [5.41, 5.74) is 2.24. The number of halogens is 1. The van der Waals surface area contributed by atoms with Crippen LogP contribution in [0.3, 0.4) is 0 Å². The first-order chi connectivity index (χ1) is 8.22. The molecule has 94 valence electrons. The fourth-order valence-electron chi connectivity index (χ4n) is 2.53. The normalized spacial score (nSPS) is 17.5. The van der Waals surface area contributed by atoms with Crippen LogP contribution < -0.4 is 4.90 Å². The van der Waals surface area contributed by atoms with Gasteiger partial charge in [-0.1, -0.05) is 13.3 Å². The van der Waals surface area contributed by atoms with Gasteiger partial charge in [-0.2, -0.15) is 0 Å². The summed E-state index contributed by atoms with van der Waals surface area (Å²) in [6, 6.07) is 4.20. The van der Waals surface area contributed by atoms with Gasteiger partial charge >= 0.3 is 0 Å². The van der Waals surface area contributed by atoms with Crippen LogP contribution in [0.4, 0.5) is 5.82 Å². The quantitative estimate of drug-likeness (QED) is 0.762. The molecule has 0 saturated carbocycles. The molecule has 1 saturated heterocycles. The molecular weight excluding hydrogens is 232 g/mol. The van der Waals surface area contributed by atoms with Gasteiger partial charge in [-0.15, -0.1) is 11.6 Å². The van der Waals surface area contributed by atoms with E-state index in [9.17, 15) is 0 Å². The summed E-state index contributed by atoms with van der Waals surface area (Å²) in [7, 11) is 0. The Kier molecular flexibility index (Phi) is 4.27. The number of alkyl halides is 1. The highest BCUT2D eigenvalue weighted by Gasteiger charge is 2.19. The Labute approximate surface area is 109 Å². The molecule has 0 radical (unpaired) electrons. The molecule has 1 aromatic heterocycles. The van der Waals surface area contributed by atoms with Gasteiger partial charge in [0.1, 0.15) is 5.82 Å². The number of piperidine rings is 1. The fourth-order valence-corrected chi connectivity index (χ4v) is 2.68. The van der Waals surface area contributed by atoms with Crippen LogP contribution >= 0.6 is 11.6 Å². The summed E-state index contributed by atoms with van der Waals surface area (Å²) in [5, 5.41) is 0. The van der Waals surface area contributed by atoms with E-state index < -0.39 is 0 Å². The first-order valence-electron chi connectivity index (χ1n) is 6.51. The predicted octanol–water partition coefficient (Wildman–Crippen LogP) is 3.76. The molecule has 0 atom stereocenters. The molecule has 2 nitrogen and oxygen atoms in total. The average molecular weight is 253 g/mol. The SMILES string of the molecule is CCC1CCN(c2cc(CCl)cc(C)n2)CC1. The van der Waals surface area contributed by atoms with E-state index in [1.165, 1.54) is 24.8 Å². The van der Waals surface area contributed by atoms with E-state index in [1.807, 2.05) is 6.92 Å². The third-order valence-corrected chi connectivity index (χ3v) is 3.98. The Hall–Kier alpha value is -0.760. The van der Waals surface area contributed by atoms with Crippen molar-refractivity contribution in [3.63, 3.8) is 0 Å². The summed E-state index contributed by atoms with van der Waals surface area (Å²) in [6.45, 7) is 6.60. The second-order valence-electron chi connectivity index (χ2n) is 4.95. The van der Waals surface area contributed by atoms with Crippen LogP contribution in [0.5, 0.6) is 0 Å². The van der Waals surface area contributed by atoms with Crippen molar-refractivity contribution in [1.82, 2.24) is 4.98 Å². The smallest absolute Gasteiger partial charge is 0.129 e. The van der Waals surface area contributed by atoms with Gasteiger partial charge in [0, 0.05) is 24.7 Å². The van der Waals surface area contributed by atoms with E-state index in [1.54, 1.807) is 0 Å². The van der Waals surface area contributed by atoms with E-state index in [-0.39, 0.29) is 0 Å². The molecule has 0 unspecified atom stereocenters. The van der Waals surface area contributed by atoms with Crippen LogP contribution in [0.2, 0.25) is 0 Å². The second kappa shape index (κ2) is 5.72. The minimum absolute atomic E-state index is 0.571. The van der Waals surface area contributed by atoms with Crippen LogP contribution in [0.1, 0.15) is 37.4 Å². The number of hydrogen-bond acceptors (Lipinski definition) is 2. The molecule has 3 heteroatoms. The van der Waals surface area contributed by atoms with Crippen LogP contribution in [-0.4, -0.2) is 18.1 Å². The van der Waals surface area contributed by atoms with E-state index in [0.29, 0.717) is 5.88 Å². The highest BCUT2D eigenvalue weighted by atomic mass is 35.5. The Bertz CT molecular complexity index is 370. The molecule has 1 aliphatic rings. The summed E-state index contributed by atoms with van der Waals surface area (Å²) in [6.07, 6.45) is 3.90. The maximum atomic E-state index is 5.91. The van der Waals surface area contributed by atoms with Gasteiger partial charge < -0.3 is 4.90 Å². The molecule has 2 heterocycles. The van der Waals surface area contributed by atoms with Crippen LogP contribution in [-0.2, 0) is 5.88 Å². The zero-order chi connectivity index (χ0) is 12.3. The monoisotopic (exact) mass is 252 g/mol. The van der Waals surface area contributed by atoms with Gasteiger partial charge in [-0.25, -0.2) is 4.98 Å². The average Bonchev–Trinajstić information content (AvgIpc) is 2.38. The van der Waals surface area contributed by atoms with Gasteiger partial charge in [0.05, 0.1) is 0 Å². The van der Waals surface area contributed by atoms with Crippen molar-refractivity contribution in [2.24, 2.45) is 5.92 Å². The Balaban J connectivity index is 2.10. The van der Waals surface area contributed by atoms with E-state index in [2.05, 4.69) is 28.9 Å². The number of aryl methyl sites for hydroxylation is 1. The summed E-state index contributed by atoms with van der Waals surface area (Å²) >= 11 is 5.91. The molecule has 1 fully saturated rings. The van der Waals surface area contributed by atoms with Gasteiger partial charge in [0.2, 0.25) is 0 Å². The van der Waals surface area contributed by atoms with Gasteiger partial charge in [0.25, 0.3) is 0 Å².